The van der Waals surface area contributed by atoms with Crippen molar-refractivity contribution in [1.82, 2.24) is 4.98 Å². The molecule has 0 fully saturated rings. The van der Waals surface area contributed by atoms with Gasteiger partial charge in [0.05, 0.1) is 7.11 Å². The molecule has 0 amide bonds. The zero-order chi connectivity index (χ0) is 17.5. The summed E-state index contributed by atoms with van der Waals surface area (Å²) in [7, 11) is 1.64. The fraction of sp³-hybridized carbons (Fsp3) is 0.0952. The van der Waals surface area contributed by atoms with E-state index in [-0.39, 0.29) is 5.82 Å². The van der Waals surface area contributed by atoms with E-state index in [2.05, 4.69) is 4.98 Å². The number of nitrogens with zero attached hydrogens (tertiary/aromatic N) is 1. The molecule has 0 atom stereocenters. The predicted octanol–water partition coefficient (Wildman–Crippen LogP) is 4.98. The smallest absolute Gasteiger partial charge is 0.214 e. The molecule has 1 heterocycles. The number of methoxy groups -OCH3 is 1. The number of halogens is 1. The van der Waals surface area contributed by atoms with Crippen molar-refractivity contribution in [3.63, 3.8) is 0 Å². The van der Waals surface area contributed by atoms with E-state index in [9.17, 15) is 4.39 Å². The summed E-state index contributed by atoms with van der Waals surface area (Å²) in [5, 5.41) is 0. The molecule has 0 aliphatic carbocycles. The highest BCUT2D eigenvalue weighted by Gasteiger charge is 1.99. The van der Waals surface area contributed by atoms with Crippen LogP contribution in [-0.4, -0.2) is 12.1 Å². The standard InChI is InChI=1S/C21H18FNO2/c1-24-20-10-6-18(7-11-20)15-25-21-14-17(12-13-23-21)3-2-16-4-8-19(22)9-5-16/h2-14H,15H2,1H3/b3-2+. The van der Waals surface area contributed by atoms with Gasteiger partial charge in [-0.25, -0.2) is 9.37 Å². The van der Waals surface area contributed by atoms with E-state index in [1.54, 1.807) is 25.4 Å². The number of rotatable bonds is 6. The van der Waals surface area contributed by atoms with Gasteiger partial charge in [0.25, 0.3) is 0 Å². The fourth-order valence-corrected chi connectivity index (χ4v) is 2.25. The van der Waals surface area contributed by atoms with Crippen LogP contribution in [0.2, 0.25) is 0 Å². The third kappa shape index (κ3) is 4.91. The van der Waals surface area contributed by atoms with Gasteiger partial charge in [-0.2, -0.15) is 0 Å². The van der Waals surface area contributed by atoms with Crippen molar-refractivity contribution in [2.75, 3.05) is 7.11 Å². The summed E-state index contributed by atoms with van der Waals surface area (Å²) in [4.78, 5) is 4.22. The van der Waals surface area contributed by atoms with E-state index < -0.39 is 0 Å². The topological polar surface area (TPSA) is 31.4 Å². The quantitative estimate of drug-likeness (QED) is 0.637. The number of aromatic nitrogens is 1. The molecule has 3 nitrogen and oxygen atoms in total. The minimum absolute atomic E-state index is 0.240. The SMILES string of the molecule is COc1ccc(COc2cc(/C=C/c3ccc(F)cc3)ccn2)cc1. The molecule has 3 aromatic rings. The molecule has 0 N–H and O–H groups in total. The van der Waals surface area contributed by atoms with E-state index in [0.717, 1.165) is 22.4 Å². The predicted molar refractivity (Wildman–Crippen MR) is 96.9 cm³/mol. The monoisotopic (exact) mass is 335 g/mol. The van der Waals surface area contributed by atoms with E-state index in [1.165, 1.54) is 12.1 Å². The molecule has 0 saturated heterocycles. The lowest BCUT2D eigenvalue weighted by Gasteiger charge is -2.07. The zero-order valence-corrected chi connectivity index (χ0v) is 13.9. The third-order valence-corrected chi connectivity index (χ3v) is 3.64. The number of hydrogen-bond acceptors (Lipinski definition) is 3. The van der Waals surface area contributed by atoms with Crippen molar-refractivity contribution in [2.24, 2.45) is 0 Å². The summed E-state index contributed by atoms with van der Waals surface area (Å²) in [5.41, 5.74) is 2.93. The van der Waals surface area contributed by atoms with Crippen molar-refractivity contribution in [3.05, 3.63) is 89.4 Å². The van der Waals surface area contributed by atoms with Crippen LogP contribution in [0.4, 0.5) is 4.39 Å². The maximum atomic E-state index is 12.9. The van der Waals surface area contributed by atoms with Gasteiger partial charge in [0.2, 0.25) is 5.88 Å². The number of hydrogen-bond donors (Lipinski definition) is 0. The molecule has 3 rings (SSSR count). The van der Waals surface area contributed by atoms with Crippen molar-refractivity contribution >= 4 is 12.2 Å². The molecule has 2 aromatic carbocycles. The molecule has 4 heteroatoms. The summed E-state index contributed by atoms with van der Waals surface area (Å²) in [6.45, 7) is 0.433. The first-order valence-electron chi connectivity index (χ1n) is 7.88. The van der Waals surface area contributed by atoms with E-state index in [0.29, 0.717) is 12.5 Å². The van der Waals surface area contributed by atoms with Crippen LogP contribution in [0.15, 0.2) is 66.9 Å². The number of benzene rings is 2. The normalized spacial score (nSPS) is 10.8. The van der Waals surface area contributed by atoms with Crippen molar-refractivity contribution < 1.29 is 13.9 Å². The first kappa shape index (κ1) is 16.7. The van der Waals surface area contributed by atoms with Crippen molar-refractivity contribution in [3.8, 4) is 11.6 Å². The van der Waals surface area contributed by atoms with Gasteiger partial charge in [-0.1, -0.05) is 36.4 Å². The highest BCUT2D eigenvalue weighted by Crippen LogP contribution is 2.16. The van der Waals surface area contributed by atoms with E-state index >= 15 is 0 Å². The highest BCUT2D eigenvalue weighted by molar-refractivity contribution is 5.69. The lowest BCUT2D eigenvalue weighted by Crippen LogP contribution is -1.97. The van der Waals surface area contributed by atoms with Gasteiger partial charge in [-0.3, -0.25) is 0 Å². The van der Waals surface area contributed by atoms with E-state index in [4.69, 9.17) is 9.47 Å². The molecule has 25 heavy (non-hydrogen) atoms. The molecule has 0 saturated carbocycles. The van der Waals surface area contributed by atoms with E-state index in [1.807, 2.05) is 48.6 Å². The van der Waals surface area contributed by atoms with Gasteiger partial charge < -0.3 is 9.47 Å². The second-order valence-corrected chi connectivity index (χ2v) is 5.45. The Morgan fingerprint density at radius 2 is 1.64 bits per heavy atom. The Morgan fingerprint density at radius 3 is 2.36 bits per heavy atom. The molecule has 0 bridgehead atoms. The Labute approximate surface area is 146 Å². The van der Waals surface area contributed by atoms with Crippen LogP contribution in [0.25, 0.3) is 12.2 Å². The molecular formula is C21H18FNO2. The Hall–Kier alpha value is -3.14. The molecule has 1 aromatic heterocycles. The van der Waals surface area contributed by atoms with Crippen LogP contribution in [0, 0.1) is 5.82 Å². The first-order valence-corrected chi connectivity index (χ1v) is 7.88. The first-order chi connectivity index (χ1) is 12.2. The van der Waals surface area contributed by atoms with Gasteiger partial charge in [0, 0.05) is 12.3 Å². The third-order valence-electron chi connectivity index (χ3n) is 3.64. The van der Waals surface area contributed by atoms with Gasteiger partial charge >= 0.3 is 0 Å². The van der Waals surface area contributed by atoms with Crippen LogP contribution in [0.1, 0.15) is 16.7 Å². The maximum absolute atomic E-state index is 12.9. The minimum Gasteiger partial charge on any atom is -0.497 e. The molecular weight excluding hydrogens is 317 g/mol. The summed E-state index contributed by atoms with van der Waals surface area (Å²) >= 11 is 0. The average molecular weight is 335 g/mol. The highest BCUT2D eigenvalue weighted by atomic mass is 19.1. The number of ether oxygens (including phenoxy) is 2. The lowest BCUT2D eigenvalue weighted by atomic mass is 10.1. The molecule has 0 aliphatic rings. The Balaban J connectivity index is 1.63. The van der Waals surface area contributed by atoms with Gasteiger partial charge in [-0.05, 0) is 47.0 Å². The molecule has 0 spiro atoms. The summed E-state index contributed by atoms with van der Waals surface area (Å²) in [6.07, 6.45) is 5.56. The summed E-state index contributed by atoms with van der Waals surface area (Å²) in [6, 6.07) is 17.8. The van der Waals surface area contributed by atoms with Gasteiger partial charge in [0.15, 0.2) is 0 Å². The molecule has 0 unspecified atom stereocenters. The minimum atomic E-state index is -0.240. The second kappa shape index (κ2) is 8.11. The zero-order valence-electron chi connectivity index (χ0n) is 13.9. The molecule has 0 radical (unpaired) electrons. The Morgan fingerprint density at radius 1 is 0.920 bits per heavy atom. The van der Waals surface area contributed by atoms with Crippen LogP contribution >= 0.6 is 0 Å². The maximum Gasteiger partial charge on any atom is 0.214 e. The fourth-order valence-electron chi connectivity index (χ4n) is 2.25. The lowest BCUT2D eigenvalue weighted by molar-refractivity contribution is 0.293. The van der Waals surface area contributed by atoms with Gasteiger partial charge in [0.1, 0.15) is 18.2 Å². The Kier molecular flexibility index (Phi) is 5.42. The molecule has 0 aliphatic heterocycles. The summed E-state index contributed by atoms with van der Waals surface area (Å²) in [5.74, 6) is 1.13. The number of pyridine rings is 1. The molecule has 126 valence electrons. The Bertz CT molecular complexity index is 843. The van der Waals surface area contributed by atoms with Crippen LogP contribution < -0.4 is 9.47 Å². The summed E-state index contributed by atoms with van der Waals surface area (Å²) < 4.78 is 23.8. The van der Waals surface area contributed by atoms with Gasteiger partial charge in [-0.15, -0.1) is 0 Å². The van der Waals surface area contributed by atoms with Crippen molar-refractivity contribution in [1.29, 1.82) is 0 Å². The second-order valence-electron chi connectivity index (χ2n) is 5.45. The van der Waals surface area contributed by atoms with Crippen molar-refractivity contribution in [2.45, 2.75) is 6.61 Å². The average Bonchev–Trinajstić information content (AvgIpc) is 2.67. The largest absolute Gasteiger partial charge is 0.497 e. The van der Waals surface area contributed by atoms with Crippen LogP contribution in [-0.2, 0) is 6.61 Å². The van der Waals surface area contributed by atoms with Crippen LogP contribution in [0.3, 0.4) is 0 Å². The van der Waals surface area contributed by atoms with Crippen LogP contribution in [0.5, 0.6) is 11.6 Å².